The van der Waals surface area contributed by atoms with Crippen molar-refractivity contribution in [3.8, 4) is 0 Å². The lowest BCUT2D eigenvalue weighted by molar-refractivity contribution is 0.228. The Bertz CT molecular complexity index is 377. The van der Waals surface area contributed by atoms with E-state index in [1.807, 2.05) is 24.3 Å². The highest BCUT2D eigenvalue weighted by Gasteiger charge is 2.28. The molecular weight excluding hydrogens is 279 g/mol. The molecule has 1 aromatic carbocycles. The quantitative estimate of drug-likeness (QED) is 0.810. The SMILES string of the molecule is CC(C)c1ccc(/C=C/C(O)C(Cl)(Cl)Cl)cc1. The summed E-state index contributed by atoms with van der Waals surface area (Å²) in [4.78, 5) is 0. The van der Waals surface area contributed by atoms with E-state index in [-0.39, 0.29) is 0 Å². The van der Waals surface area contributed by atoms with Crippen molar-refractivity contribution in [3.63, 3.8) is 0 Å². The number of aliphatic hydroxyl groups is 1. The molecule has 1 nitrogen and oxygen atoms in total. The van der Waals surface area contributed by atoms with Crippen LogP contribution in [0.5, 0.6) is 0 Å². The zero-order valence-electron chi connectivity index (χ0n) is 9.70. The second-order valence-electron chi connectivity index (χ2n) is 4.17. The Kier molecular flexibility index (Phi) is 5.33. The number of halogens is 3. The van der Waals surface area contributed by atoms with Gasteiger partial charge in [0.25, 0.3) is 0 Å². The molecule has 1 atom stereocenters. The van der Waals surface area contributed by atoms with Crippen LogP contribution in [0.1, 0.15) is 30.9 Å². The number of alkyl halides is 3. The summed E-state index contributed by atoms with van der Waals surface area (Å²) in [5.41, 5.74) is 2.23. The summed E-state index contributed by atoms with van der Waals surface area (Å²) >= 11 is 16.6. The lowest BCUT2D eigenvalue weighted by Crippen LogP contribution is -2.22. The molecule has 1 N–H and O–H groups in total. The largest absolute Gasteiger partial charge is 0.385 e. The maximum atomic E-state index is 9.51. The Hall–Kier alpha value is -0.210. The van der Waals surface area contributed by atoms with Gasteiger partial charge in [0.2, 0.25) is 3.79 Å². The molecular formula is C13H15Cl3O. The van der Waals surface area contributed by atoms with Crippen molar-refractivity contribution in [2.24, 2.45) is 0 Å². The van der Waals surface area contributed by atoms with Crippen LogP contribution in [0.2, 0.25) is 0 Å². The van der Waals surface area contributed by atoms with Crippen LogP contribution in [0.3, 0.4) is 0 Å². The summed E-state index contributed by atoms with van der Waals surface area (Å²) in [6.45, 7) is 4.27. The summed E-state index contributed by atoms with van der Waals surface area (Å²) in [6.07, 6.45) is 2.09. The molecule has 0 aliphatic rings. The highest BCUT2D eigenvalue weighted by Crippen LogP contribution is 2.31. The van der Waals surface area contributed by atoms with Crippen molar-refractivity contribution < 1.29 is 5.11 Å². The predicted molar refractivity (Wildman–Crippen MR) is 75.9 cm³/mol. The molecule has 4 heteroatoms. The Morgan fingerprint density at radius 3 is 2.06 bits per heavy atom. The molecule has 0 heterocycles. The molecule has 0 radical (unpaired) electrons. The van der Waals surface area contributed by atoms with Crippen molar-refractivity contribution in [2.45, 2.75) is 29.7 Å². The molecule has 0 aliphatic carbocycles. The maximum Gasteiger partial charge on any atom is 0.219 e. The fourth-order valence-corrected chi connectivity index (χ4v) is 1.52. The highest BCUT2D eigenvalue weighted by molar-refractivity contribution is 6.68. The molecule has 0 saturated heterocycles. The third kappa shape index (κ3) is 4.89. The molecule has 1 aromatic rings. The molecule has 0 bridgehead atoms. The van der Waals surface area contributed by atoms with Gasteiger partial charge in [0.05, 0.1) is 0 Å². The van der Waals surface area contributed by atoms with E-state index in [2.05, 4.69) is 13.8 Å². The van der Waals surface area contributed by atoms with E-state index in [1.54, 1.807) is 6.08 Å². The molecule has 1 unspecified atom stereocenters. The van der Waals surface area contributed by atoms with Gasteiger partial charge in [0, 0.05) is 0 Å². The second kappa shape index (κ2) is 6.10. The van der Waals surface area contributed by atoms with E-state index < -0.39 is 9.90 Å². The Labute approximate surface area is 117 Å². The van der Waals surface area contributed by atoms with Gasteiger partial charge in [-0.15, -0.1) is 0 Å². The van der Waals surface area contributed by atoms with E-state index in [0.717, 1.165) is 5.56 Å². The van der Waals surface area contributed by atoms with Gasteiger partial charge >= 0.3 is 0 Å². The maximum absolute atomic E-state index is 9.51. The van der Waals surface area contributed by atoms with Crippen molar-refractivity contribution >= 4 is 40.9 Å². The average Bonchev–Trinajstić information content (AvgIpc) is 2.25. The Morgan fingerprint density at radius 2 is 1.65 bits per heavy atom. The first kappa shape index (κ1) is 14.8. The number of hydrogen-bond donors (Lipinski definition) is 1. The summed E-state index contributed by atoms with van der Waals surface area (Å²) < 4.78 is -1.69. The van der Waals surface area contributed by atoms with Gasteiger partial charge in [0.1, 0.15) is 6.10 Å². The first-order chi connectivity index (χ1) is 7.80. The van der Waals surface area contributed by atoms with Crippen molar-refractivity contribution in [3.05, 3.63) is 41.5 Å². The third-order valence-electron chi connectivity index (χ3n) is 2.41. The van der Waals surface area contributed by atoms with Crippen LogP contribution in [0.25, 0.3) is 6.08 Å². The van der Waals surface area contributed by atoms with Gasteiger partial charge in [-0.1, -0.05) is 85.1 Å². The average molecular weight is 294 g/mol. The number of rotatable bonds is 3. The minimum absolute atomic E-state index is 0.500. The van der Waals surface area contributed by atoms with Crippen LogP contribution in [0.15, 0.2) is 30.3 Å². The van der Waals surface area contributed by atoms with E-state index >= 15 is 0 Å². The van der Waals surface area contributed by atoms with E-state index in [0.29, 0.717) is 5.92 Å². The van der Waals surface area contributed by atoms with Crippen LogP contribution >= 0.6 is 34.8 Å². The van der Waals surface area contributed by atoms with Crippen LogP contribution in [0, 0.1) is 0 Å². The summed E-state index contributed by atoms with van der Waals surface area (Å²) in [5, 5.41) is 9.51. The van der Waals surface area contributed by atoms with Crippen LogP contribution in [-0.4, -0.2) is 15.0 Å². The fourth-order valence-electron chi connectivity index (χ4n) is 1.30. The minimum Gasteiger partial charge on any atom is -0.385 e. The first-order valence-electron chi connectivity index (χ1n) is 5.33. The fraction of sp³-hybridized carbons (Fsp3) is 0.385. The topological polar surface area (TPSA) is 20.2 Å². The Morgan fingerprint density at radius 1 is 1.12 bits per heavy atom. The second-order valence-corrected chi connectivity index (χ2v) is 6.54. The summed E-state index contributed by atoms with van der Waals surface area (Å²) in [6, 6.07) is 8.03. The first-order valence-corrected chi connectivity index (χ1v) is 6.47. The number of hydrogen-bond acceptors (Lipinski definition) is 1. The van der Waals surface area contributed by atoms with Gasteiger partial charge in [-0.2, -0.15) is 0 Å². The molecule has 1 rings (SSSR count). The van der Waals surface area contributed by atoms with Gasteiger partial charge in [-0.25, -0.2) is 0 Å². The number of aliphatic hydroxyl groups excluding tert-OH is 1. The smallest absolute Gasteiger partial charge is 0.219 e. The highest BCUT2D eigenvalue weighted by atomic mass is 35.6. The standard InChI is InChI=1S/C13H15Cl3O/c1-9(2)11-6-3-10(4-7-11)5-8-12(17)13(14,15)16/h3-9,12,17H,1-2H3/b8-5+. The van der Waals surface area contributed by atoms with Crippen LogP contribution in [-0.2, 0) is 0 Å². The zero-order chi connectivity index (χ0) is 13.1. The summed E-state index contributed by atoms with van der Waals surface area (Å²) in [7, 11) is 0. The lowest BCUT2D eigenvalue weighted by Gasteiger charge is -2.14. The summed E-state index contributed by atoms with van der Waals surface area (Å²) in [5.74, 6) is 0.500. The molecule has 0 saturated carbocycles. The van der Waals surface area contributed by atoms with Gasteiger partial charge in [0.15, 0.2) is 0 Å². The molecule has 0 amide bonds. The zero-order valence-corrected chi connectivity index (χ0v) is 12.0. The molecule has 0 aromatic heterocycles. The molecule has 0 fully saturated rings. The van der Waals surface area contributed by atoms with Crippen molar-refractivity contribution in [1.82, 2.24) is 0 Å². The van der Waals surface area contributed by atoms with Gasteiger partial charge in [-0.05, 0) is 17.0 Å². The van der Waals surface area contributed by atoms with Crippen LogP contribution in [0.4, 0.5) is 0 Å². The third-order valence-corrected chi connectivity index (χ3v) is 3.08. The van der Waals surface area contributed by atoms with Gasteiger partial charge < -0.3 is 5.11 Å². The molecule has 94 valence electrons. The molecule has 17 heavy (non-hydrogen) atoms. The monoisotopic (exact) mass is 292 g/mol. The van der Waals surface area contributed by atoms with Gasteiger partial charge in [-0.3, -0.25) is 0 Å². The van der Waals surface area contributed by atoms with Crippen molar-refractivity contribution in [2.75, 3.05) is 0 Å². The lowest BCUT2D eigenvalue weighted by atomic mass is 10.0. The van der Waals surface area contributed by atoms with Crippen LogP contribution < -0.4 is 0 Å². The predicted octanol–water partition coefficient (Wildman–Crippen LogP) is 4.55. The van der Waals surface area contributed by atoms with Crippen molar-refractivity contribution in [1.29, 1.82) is 0 Å². The molecule has 0 aliphatic heterocycles. The normalized spacial score (nSPS) is 14.5. The number of benzene rings is 1. The van der Waals surface area contributed by atoms with E-state index in [1.165, 1.54) is 11.6 Å². The molecule has 0 spiro atoms. The van der Waals surface area contributed by atoms with E-state index in [4.69, 9.17) is 34.8 Å². The minimum atomic E-state index is -1.69. The van der Waals surface area contributed by atoms with E-state index in [9.17, 15) is 5.11 Å². The Balaban J connectivity index is 2.73.